The van der Waals surface area contributed by atoms with E-state index in [0.29, 0.717) is 24.0 Å². The van der Waals surface area contributed by atoms with Crippen LogP contribution in [-0.4, -0.2) is 32.5 Å². The van der Waals surface area contributed by atoms with E-state index in [1.165, 1.54) is 7.05 Å². The molecule has 0 bridgehead atoms. The first kappa shape index (κ1) is 18.7. The molecule has 1 aromatic rings. The van der Waals surface area contributed by atoms with Crippen molar-refractivity contribution < 1.29 is 22.6 Å². The third-order valence-corrected chi connectivity index (χ3v) is 2.82. The maximum atomic E-state index is 12.1. The summed E-state index contributed by atoms with van der Waals surface area (Å²) in [7, 11) is 1.50. The van der Waals surface area contributed by atoms with Crippen LogP contribution in [0.2, 0.25) is 0 Å². The summed E-state index contributed by atoms with van der Waals surface area (Å²) >= 11 is 0. The molecule has 0 aromatic heterocycles. The third-order valence-electron chi connectivity index (χ3n) is 2.82. The summed E-state index contributed by atoms with van der Waals surface area (Å²) in [4.78, 5) is 3.87. The van der Waals surface area contributed by atoms with Crippen LogP contribution >= 0.6 is 24.0 Å². The van der Waals surface area contributed by atoms with E-state index in [1.807, 2.05) is 12.1 Å². The number of benzene rings is 1. The second-order valence-electron chi connectivity index (χ2n) is 4.41. The maximum Gasteiger partial charge on any atom is 0.390 e. The van der Waals surface area contributed by atoms with Crippen molar-refractivity contribution in [3.8, 4) is 11.5 Å². The lowest BCUT2D eigenvalue weighted by molar-refractivity contribution is -0.132. The van der Waals surface area contributed by atoms with Crippen LogP contribution < -0.4 is 20.1 Å². The standard InChI is InChI=1S/C13H16F3N3O2.HI/c1-17-12(18-5-4-13(14,15)16)19-7-9-2-3-10-11(6-9)21-8-20-10;/h2-3,6H,4-5,7-8H2,1H3,(H2,17,18,19);1H. The highest BCUT2D eigenvalue weighted by Crippen LogP contribution is 2.32. The van der Waals surface area contributed by atoms with Gasteiger partial charge in [-0.15, -0.1) is 24.0 Å². The molecule has 124 valence electrons. The Labute approximate surface area is 143 Å². The van der Waals surface area contributed by atoms with Gasteiger partial charge in [-0.25, -0.2) is 0 Å². The maximum absolute atomic E-state index is 12.1. The second-order valence-corrected chi connectivity index (χ2v) is 4.41. The predicted molar refractivity (Wildman–Crippen MR) is 86.9 cm³/mol. The van der Waals surface area contributed by atoms with Gasteiger partial charge in [0.15, 0.2) is 17.5 Å². The lowest BCUT2D eigenvalue weighted by Crippen LogP contribution is -2.38. The number of fused-ring (bicyclic) bond motifs is 1. The third kappa shape index (κ3) is 5.78. The average Bonchev–Trinajstić information content (AvgIpc) is 2.88. The summed E-state index contributed by atoms with van der Waals surface area (Å²) < 4.78 is 46.6. The first-order valence-electron chi connectivity index (χ1n) is 6.38. The van der Waals surface area contributed by atoms with Gasteiger partial charge in [-0.1, -0.05) is 6.07 Å². The number of hydrogen-bond acceptors (Lipinski definition) is 3. The van der Waals surface area contributed by atoms with Crippen molar-refractivity contribution >= 4 is 29.9 Å². The van der Waals surface area contributed by atoms with Crippen LogP contribution in [0.25, 0.3) is 0 Å². The van der Waals surface area contributed by atoms with Crippen molar-refractivity contribution in [1.29, 1.82) is 0 Å². The molecule has 0 fully saturated rings. The van der Waals surface area contributed by atoms with E-state index in [0.717, 1.165) is 5.56 Å². The number of nitrogens with one attached hydrogen (secondary N) is 2. The minimum Gasteiger partial charge on any atom is -0.454 e. The quantitative estimate of drug-likeness (QED) is 0.438. The zero-order valence-electron chi connectivity index (χ0n) is 11.9. The van der Waals surface area contributed by atoms with Gasteiger partial charge in [-0.3, -0.25) is 4.99 Å². The van der Waals surface area contributed by atoms with Crippen molar-refractivity contribution in [2.24, 2.45) is 4.99 Å². The molecule has 9 heteroatoms. The normalized spacial score (nSPS) is 13.5. The average molecular weight is 431 g/mol. The molecule has 0 unspecified atom stereocenters. The topological polar surface area (TPSA) is 54.9 Å². The Morgan fingerprint density at radius 2 is 1.95 bits per heavy atom. The molecule has 0 amide bonds. The Kier molecular flexibility index (Phi) is 7.04. The van der Waals surface area contributed by atoms with Gasteiger partial charge >= 0.3 is 6.18 Å². The number of aliphatic imine (C=N–C) groups is 1. The Morgan fingerprint density at radius 3 is 2.64 bits per heavy atom. The minimum atomic E-state index is -4.18. The molecule has 1 heterocycles. The van der Waals surface area contributed by atoms with Crippen molar-refractivity contribution in [2.45, 2.75) is 19.1 Å². The molecule has 0 radical (unpaired) electrons. The SMILES string of the molecule is CN=C(NCCC(F)(F)F)NCc1ccc2c(c1)OCO2.I. The Bertz CT molecular complexity index is 524. The highest BCUT2D eigenvalue weighted by Gasteiger charge is 2.26. The fourth-order valence-electron chi connectivity index (χ4n) is 1.78. The molecule has 1 aromatic carbocycles. The predicted octanol–water partition coefficient (Wildman–Crippen LogP) is 2.65. The number of alkyl halides is 3. The minimum absolute atomic E-state index is 0. The van der Waals surface area contributed by atoms with Crippen LogP contribution in [0.15, 0.2) is 23.2 Å². The Morgan fingerprint density at radius 1 is 1.23 bits per heavy atom. The summed E-state index contributed by atoms with van der Waals surface area (Å²) in [6.45, 7) is 0.402. The van der Waals surface area contributed by atoms with Crippen molar-refractivity contribution in [3.05, 3.63) is 23.8 Å². The van der Waals surface area contributed by atoms with E-state index in [1.54, 1.807) is 6.07 Å². The number of guanidine groups is 1. The fourth-order valence-corrected chi connectivity index (χ4v) is 1.78. The first-order chi connectivity index (χ1) is 9.98. The lowest BCUT2D eigenvalue weighted by atomic mass is 10.2. The summed E-state index contributed by atoms with van der Waals surface area (Å²) in [5, 5.41) is 5.55. The Balaban J connectivity index is 0.00000242. The molecule has 22 heavy (non-hydrogen) atoms. The van der Waals surface area contributed by atoms with E-state index in [2.05, 4.69) is 15.6 Å². The van der Waals surface area contributed by atoms with E-state index in [-0.39, 0.29) is 37.3 Å². The molecule has 0 aliphatic carbocycles. The smallest absolute Gasteiger partial charge is 0.390 e. The summed E-state index contributed by atoms with van der Waals surface area (Å²) in [5.74, 6) is 1.66. The van der Waals surface area contributed by atoms with Gasteiger partial charge < -0.3 is 20.1 Å². The van der Waals surface area contributed by atoms with Crippen LogP contribution in [-0.2, 0) is 6.54 Å². The number of rotatable bonds is 4. The van der Waals surface area contributed by atoms with Crippen molar-refractivity contribution in [1.82, 2.24) is 10.6 Å². The van der Waals surface area contributed by atoms with Gasteiger partial charge in [0.05, 0.1) is 6.42 Å². The summed E-state index contributed by atoms with van der Waals surface area (Å²) in [6.07, 6.45) is -5.08. The van der Waals surface area contributed by atoms with Gasteiger partial charge in [0, 0.05) is 20.1 Å². The second kappa shape index (κ2) is 8.30. The molecule has 2 N–H and O–H groups in total. The first-order valence-corrected chi connectivity index (χ1v) is 6.38. The van der Waals surface area contributed by atoms with Crippen LogP contribution in [0, 0.1) is 0 Å². The molecular formula is C13H17F3IN3O2. The van der Waals surface area contributed by atoms with E-state index in [4.69, 9.17) is 9.47 Å². The monoisotopic (exact) mass is 431 g/mol. The molecule has 2 rings (SSSR count). The van der Waals surface area contributed by atoms with Crippen molar-refractivity contribution in [3.63, 3.8) is 0 Å². The van der Waals surface area contributed by atoms with Gasteiger partial charge in [0.25, 0.3) is 0 Å². The Hall–Kier alpha value is -1.39. The van der Waals surface area contributed by atoms with Crippen LogP contribution in [0.4, 0.5) is 13.2 Å². The highest BCUT2D eigenvalue weighted by atomic mass is 127. The van der Waals surface area contributed by atoms with Gasteiger partial charge in [0.1, 0.15) is 0 Å². The molecular weight excluding hydrogens is 414 g/mol. The van der Waals surface area contributed by atoms with E-state index in [9.17, 15) is 13.2 Å². The zero-order chi connectivity index (χ0) is 15.3. The van der Waals surface area contributed by atoms with Crippen molar-refractivity contribution in [2.75, 3.05) is 20.4 Å². The number of nitrogens with zero attached hydrogens (tertiary/aromatic N) is 1. The summed E-state index contributed by atoms with van der Waals surface area (Å²) in [5.41, 5.74) is 0.915. The highest BCUT2D eigenvalue weighted by molar-refractivity contribution is 14.0. The number of halogens is 4. The van der Waals surface area contributed by atoms with E-state index < -0.39 is 12.6 Å². The molecule has 0 atom stereocenters. The molecule has 1 aliphatic heterocycles. The van der Waals surface area contributed by atoms with E-state index >= 15 is 0 Å². The number of ether oxygens (including phenoxy) is 2. The van der Waals surface area contributed by atoms with Gasteiger partial charge in [0.2, 0.25) is 6.79 Å². The molecule has 0 saturated carbocycles. The molecule has 5 nitrogen and oxygen atoms in total. The molecule has 1 aliphatic rings. The largest absolute Gasteiger partial charge is 0.454 e. The zero-order valence-corrected chi connectivity index (χ0v) is 14.2. The summed E-state index contributed by atoms with van der Waals surface area (Å²) in [6, 6.07) is 5.46. The lowest BCUT2D eigenvalue weighted by Gasteiger charge is -2.13. The van der Waals surface area contributed by atoms with Gasteiger partial charge in [-0.2, -0.15) is 13.2 Å². The molecule has 0 spiro atoms. The van der Waals surface area contributed by atoms with Gasteiger partial charge in [-0.05, 0) is 17.7 Å². The molecule has 0 saturated heterocycles. The fraction of sp³-hybridized carbons (Fsp3) is 0.462. The van der Waals surface area contributed by atoms with Crippen LogP contribution in [0.3, 0.4) is 0 Å². The van der Waals surface area contributed by atoms with Crippen LogP contribution in [0.5, 0.6) is 11.5 Å². The number of hydrogen-bond donors (Lipinski definition) is 2. The van der Waals surface area contributed by atoms with Crippen LogP contribution in [0.1, 0.15) is 12.0 Å².